The first-order valence-corrected chi connectivity index (χ1v) is 7.94. The smallest absolute Gasteiger partial charge is 0.407 e. The van der Waals surface area contributed by atoms with Gasteiger partial charge in [-0.05, 0) is 19.8 Å². The van der Waals surface area contributed by atoms with Crippen LogP contribution in [0.5, 0.6) is 0 Å². The monoisotopic (exact) mass is 299 g/mol. The van der Waals surface area contributed by atoms with Crippen molar-refractivity contribution in [2.45, 2.75) is 76.9 Å². The number of carbonyl (C=O) groups excluding carboxylic acids is 2. The highest BCUT2D eigenvalue weighted by molar-refractivity contribution is 5.88. The summed E-state index contributed by atoms with van der Waals surface area (Å²) in [7, 11) is 1.25. The molecule has 0 aromatic rings. The molecule has 1 aliphatic carbocycles. The van der Waals surface area contributed by atoms with Crippen molar-refractivity contribution < 1.29 is 19.4 Å². The Morgan fingerprint density at radius 1 is 1.19 bits per heavy atom. The third kappa shape index (κ3) is 6.46. The quantitative estimate of drug-likeness (QED) is 0.818. The van der Waals surface area contributed by atoms with Crippen LogP contribution in [-0.2, 0) is 9.53 Å². The number of ketones is 1. The molecule has 1 amide bonds. The number of methoxy groups -OCH3 is 1. The van der Waals surface area contributed by atoms with E-state index in [1.807, 2.05) is 0 Å². The van der Waals surface area contributed by atoms with Gasteiger partial charge in [-0.25, -0.2) is 4.79 Å². The fraction of sp³-hybridized carbons (Fsp3) is 0.875. The molecule has 0 radical (unpaired) electrons. The van der Waals surface area contributed by atoms with E-state index >= 15 is 0 Å². The Morgan fingerprint density at radius 3 is 2.19 bits per heavy atom. The van der Waals surface area contributed by atoms with Crippen molar-refractivity contribution >= 4 is 11.9 Å². The van der Waals surface area contributed by atoms with Gasteiger partial charge in [0.05, 0.1) is 12.7 Å². The molecule has 0 aromatic heterocycles. The summed E-state index contributed by atoms with van der Waals surface area (Å²) in [6, 6.07) is -0.921. The van der Waals surface area contributed by atoms with Gasteiger partial charge in [-0.2, -0.15) is 0 Å². The number of alkyl carbamates (subject to hydrolysis) is 1. The molecule has 2 N–H and O–H groups in total. The van der Waals surface area contributed by atoms with Crippen LogP contribution in [0.4, 0.5) is 4.79 Å². The first kappa shape index (κ1) is 18.0. The normalized spacial score (nSPS) is 19.2. The van der Waals surface area contributed by atoms with Gasteiger partial charge in [-0.1, -0.05) is 44.9 Å². The third-order valence-corrected chi connectivity index (χ3v) is 4.19. The largest absolute Gasteiger partial charge is 0.453 e. The number of Topliss-reactive ketones (excluding diaryl/α,β-unsaturated/α-hetero) is 1. The molecule has 0 heterocycles. The number of hydrogen-bond acceptors (Lipinski definition) is 4. The molecule has 1 saturated carbocycles. The van der Waals surface area contributed by atoms with Gasteiger partial charge in [0.1, 0.15) is 6.04 Å². The molecular formula is C16H29NO4. The van der Waals surface area contributed by atoms with Gasteiger partial charge in [-0.3, -0.25) is 4.79 Å². The van der Waals surface area contributed by atoms with Gasteiger partial charge in [0.2, 0.25) is 0 Å². The molecule has 1 rings (SSSR count). The third-order valence-electron chi connectivity index (χ3n) is 4.19. The molecule has 0 saturated heterocycles. The Kier molecular flexibility index (Phi) is 7.15. The van der Waals surface area contributed by atoms with E-state index < -0.39 is 17.7 Å². The minimum atomic E-state index is -1.30. The van der Waals surface area contributed by atoms with Crippen LogP contribution < -0.4 is 5.32 Å². The molecule has 1 fully saturated rings. The Morgan fingerprint density at radius 2 is 1.71 bits per heavy atom. The topological polar surface area (TPSA) is 75.6 Å². The minimum Gasteiger partial charge on any atom is -0.453 e. The Hall–Kier alpha value is -1.10. The zero-order valence-electron chi connectivity index (χ0n) is 13.5. The summed E-state index contributed by atoms with van der Waals surface area (Å²) in [4.78, 5) is 23.8. The molecule has 5 nitrogen and oxygen atoms in total. The van der Waals surface area contributed by atoms with Crippen molar-refractivity contribution in [3.63, 3.8) is 0 Å². The summed E-state index contributed by atoms with van der Waals surface area (Å²) < 4.78 is 4.54. The number of rotatable bonds is 5. The van der Waals surface area contributed by atoms with Gasteiger partial charge in [0.25, 0.3) is 0 Å². The fourth-order valence-corrected chi connectivity index (χ4v) is 2.98. The molecule has 1 atom stereocenters. The number of hydrogen-bond donors (Lipinski definition) is 2. The second-order valence-corrected chi connectivity index (χ2v) is 6.60. The highest BCUT2D eigenvalue weighted by Gasteiger charge is 2.35. The van der Waals surface area contributed by atoms with Crippen molar-refractivity contribution in [3.05, 3.63) is 0 Å². The van der Waals surface area contributed by atoms with E-state index in [0.29, 0.717) is 12.3 Å². The minimum absolute atomic E-state index is 0.113. The van der Waals surface area contributed by atoms with Crippen LogP contribution in [0.1, 0.15) is 65.2 Å². The predicted molar refractivity (Wildman–Crippen MR) is 81.1 cm³/mol. The summed E-state index contributed by atoms with van der Waals surface area (Å²) in [5.74, 6) is 0.251. The van der Waals surface area contributed by atoms with Crippen molar-refractivity contribution in [1.82, 2.24) is 5.32 Å². The lowest BCUT2D eigenvalue weighted by Crippen LogP contribution is -2.54. The van der Waals surface area contributed by atoms with Crippen LogP contribution >= 0.6 is 0 Å². The lowest BCUT2D eigenvalue weighted by Gasteiger charge is -2.30. The fourth-order valence-electron chi connectivity index (χ4n) is 2.98. The van der Waals surface area contributed by atoms with E-state index in [1.165, 1.54) is 40.2 Å². The number of amides is 1. The summed E-state index contributed by atoms with van der Waals surface area (Å²) in [6.07, 6.45) is 7.93. The van der Waals surface area contributed by atoms with Crippen LogP contribution in [0.3, 0.4) is 0 Å². The van der Waals surface area contributed by atoms with Gasteiger partial charge >= 0.3 is 6.09 Å². The Balaban J connectivity index is 2.64. The van der Waals surface area contributed by atoms with Gasteiger partial charge in [0, 0.05) is 6.42 Å². The number of aliphatic hydroxyl groups is 1. The molecule has 5 heteroatoms. The second-order valence-electron chi connectivity index (χ2n) is 6.60. The first-order valence-electron chi connectivity index (χ1n) is 7.94. The molecular weight excluding hydrogens is 270 g/mol. The highest BCUT2D eigenvalue weighted by atomic mass is 16.5. The maximum Gasteiger partial charge on any atom is 0.407 e. The van der Waals surface area contributed by atoms with Gasteiger partial charge < -0.3 is 15.2 Å². The maximum atomic E-state index is 12.5. The average molecular weight is 299 g/mol. The van der Waals surface area contributed by atoms with E-state index in [2.05, 4.69) is 10.1 Å². The van der Waals surface area contributed by atoms with E-state index in [1.54, 1.807) is 0 Å². The van der Waals surface area contributed by atoms with Crippen molar-refractivity contribution in [2.24, 2.45) is 5.92 Å². The van der Waals surface area contributed by atoms with Gasteiger partial charge in [-0.15, -0.1) is 0 Å². The van der Waals surface area contributed by atoms with Crippen LogP contribution in [0, 0.1) is 5.92 Å². The van der Waals surface area contributed by atoms with Crippen molar-refractivity contribution in [3.8, 4) is 0 Å². The standard InChI is InChI=1S/C16H29NO4/c1-16(2,20)14(17-15(19)21-3)13(18)11-12-9-7-5-4-6-8-10-12/h12,14,20H,4-11H2,1-3H3,(H,17,19)/t14-/m1/s1. The maximum absolute atomic E-state index is 12.5. The predicted octanol–water partition coefficient (Wildman–Crippen LogP) is 2.80. The van der Waals surface area contributed by atoms with Crippen LogP contribution in [0.2, 0.25) is 0 Å². The first-order chi connectivity index (χ1) is 9.84. The van der Waals surface area contributed by atoms with Gasteiger partial charge in [0.15, 0.2) is 5.78 Å². The molecule has 0 aromatic carbocycles. The molecule has 0 spiro atoms. The number of nitrogens with one attached hydrogen (secondary N) is 1. The number of carbonyl (C=O) groups is 2. The summed E-state index contributed by atoms with van der Waals surface area (Å²) in [5, 5.41) is 12.6. The van der Waals surface area contributed by atoms with Crippen LogP contribution in [-0.4, -0.2) is 35.7 Å². The van der Waals surface area contributed by atoms with E-state index in [-0.39, 0.29) is 5.78 Å². The SMILES string of the molecule is COC(=O)N[C@H](C(=O)CC1CCCCCCC1)C(C)(C)O. The lowest BCUT2D eigenvalue weighted by atomic mass is 9.84. The molecule has 0 aliphatic heterocycles. The zero-order chi connectivity index (χ0) is 15.9. The summed E-state index contributed by atoms with van der Waals surface area (Å²) >= 11 is 0. The highest BCUT2D eigenvalue weighted by Crippen LogP contribution is 2.26. The average Bonchev–Trinajstić information content (AvgIpc) is 2.37. The van der Waals surface area contributed by atoms with E-state index in [9.17, 15) is 14.7 Å². The Labute approximate surface area is 127 Å². The molecule has 1 aliphatic rings. The number of ether oxygens (including phenoxy) is 1. The molecule has 21 heavy (non-hydrogen) atoms. The Bertz CT molecular complexity index is 341. The summed E-state index contributed by atoms with van der Waals surface area (Å²) in [5.41, 5.74) is -1.30. The summed E-state index contributed by atoms with van der Waals surface area (Å²) in [6.45, 7) is 3.06. The molecule has 0 unspecified atom stereocenters. The lowest BCUT2D eigenvalue weighted by molar-refractivity contribution is -0.127. The molecule has 0 bridgehead atoms. The van der Waals surface area contributed by atoms with Crippen molar-refractivity contribution in [2.75, 3.05) is 7.11 Å². The molecule has 122 valence electrons. The van der Waals surface area contributed by atoms with Crippen LogP contribution in [0.25, 0.3) is 0 Å². The van der Waals surface area contributed by atoms with Crippen molar-refractivity contribution in [1.29, 1.82) is 0 Å². The van der Waals surface area contributed by atoms with Crippen LogP contribution in [0.15, 0.2) is 0 Å². The van der Waals surface area contributed by atoms with E-state index in [4.69, 9.17) is 0 Å². The van der Waals surface area contributed by atoms with E-state index in [0.717, 1.165) is 25.7 Å². The zero-order valence-corrected chi connectivity index (χ0v) is 13.5. The second kappa shape index (κ2) is 8.37.